The van der Waals surface area contributed by atoms with Gasteiger partial charge < -0.3 is 9.84 Å². The maximum Gasteiger partial charge on any atom is 0.254 e. The van der Waals surface area contributed by atoms with Crippen molar-refractivity contribution in [3.05, 3.63) is 52.2 Å². The van der Waals surface area contributed by atoms with Crippen molar-refractivity contribution in [2.24, 2.45) is 0 Å². The standard InChI is InChI=1S/C14H13F3N2O2/c1-7-9(8(2)21-19-7)5-6-18-14(20)10-3-4-11(15)13(17)12(10)16/h3-4H,5-6H2,1-2H3,(H,18,20). The fourth-order valence-electron chi connectivity index (χ4n) is 1.96. The van der Waals surface area contributed by atoms with Crippen LogP contribution in [0.4, 0.5) is 13.2 Å². The van der Waals surface area contributed by atoms with Gasteiger partial charge in [0.15, 0.2) is 17.5 Å². The van der Waals surface area contributed by atoms with Crippen molar-refractivity contribution in [3.63, 3.8) is 0 Å². The molecule has 1 amide bonds. The van der Waals surface area contributed by atoms with E-state index in [1.54, 1.807) is 13.8 Å². The summed E-state index contributed by atoms with van der Waals surface area (Å²) in [6, 6.07) is 1.61. The SMILES string of the molecule is Cc1noc(C)c1CCNC(=O)c1ccc(F)c(F)c1F. The van der Waals surface area contributed by atoms with Crippen LogP contribution in [0, 0.1) is 31.3 Å². The van der Waals surface area contributed by atoms with Crippen LogP contribution >= 0.6 is 0 Å². The Labute approximate surface area is 118 Å². The van der Waals surface area contributed by atoms with Crippen LogP contribution in [-0.4, -0.2) is 17.6 Å². The van der Waals surface area contributed by atoms with Gasteiger partial charge in [0.2, 0.25) is 0 Å². The molecule has 1 N–H and O–H groups in total. The number of rotatable bonds is 4. The molecule has 0 atom stereocenters. The van der Waals surface area contributed by atoms with Gasteiger partial charge in [-0.15, -0.1) is 0 Å². The lowest BCUT2D eigenvalue weighted by molar-refractivity contribution is 0.0948. The molecule has 1 aromatic carbocycles. The number of nitrogens with zero attached hydrogens (tertiary/aromatic N) is 1. The number of halogens is 3. The number of benzene rings is 1. The summed E-state index contributed by atoms with van der Waals surface area (Å²) < 4.78 is 44.3. The Morgan fingerprint density at radius 2 is 1.95 bits per heavy atom. The molecule has 0 saturated carbocycles. The van der Waals surface area contributed by atoms with Crippen LogP contribution in [-0.2, 0) is 6.42 Å². The highest BCUT2D eigenvalue weighted by atomic mass is 19.2. The molecule has 0 aliphatic carbocycles. The predicted octanol–water partition coefficient (Wildman–Crippen LogP) is 2.68. The van der Waals surface area contributed by atoms with Gasteiger partial charge >= 0.3 is 0 Å². The summed E-state index contributed by atoms with van der Waals surface area (Å²) in [6.45, 7) is 3.70. The molecule has 1 heterocycles. The summed E-state index contributed by atoms with van der Waals surface area (Å²) in [5.41, 5.74) is 1.02. The molecule has 7 heteroatoms. The molecule has 0 radical (unpaired) electrons. The molecule has 1 aromatic heterocycles. The predicted molar refractivity (Wildman–Crippen MR) is 68.3 cm³/mol. The molecule has 2 aromatic rings. The minimum absolute atomic E-state index is 0.195. The fourth-order valence-corrected chi connectivity index (χ4v) is 1.96. The molecule has 0 fully saturated rings. The zero-order chi connectivity index (χ0) is 15.6. The second-order valence-corrected chi connectivity index (χ2v) is 4.53. The quantitative estimate of drug-likeness (QED) is 0.883. The lowest BCUT2D eigenvalue weighted by Gasteiger charge is -2.07. The van der Waals surface area contributed by atoms with Crippen molar-refractivity contribution in [2.75, 3.05) is 6.54 Å². The minimum Gasteiger partial charge on any atom is -0.361 e. The summed E-state index contributed by atoms with van der Waals surface area (Å²) in [6.07, 6.45) is 0.443. The monoisotopic (exact) mass is 298 g/mol. The van der Waals surface area contributed by atoms with Crippen LogP contribution in [0.3, 0.4) is 0 Å². The van der Waals surface area contributed by atoms with Crippen LogP contribution in [0.25, 0.3) is 0 Å². The highest BCUT2D eigenvalue weighted by Gasteiger charge is 2.18. The Morgan fingerprint density at radius 3 is 2.57 bits per heavy atom. The van der Waals surface area contributed by atoms with Crippen LogP contribution in [0.15, 0.2) is 16.7 Å². The van der Waals surface area contributed by atoms with E-state index < -0.39 is 28.9 Å². The van der Waals surface area contributed by atoms with E-state index in [0.717, 1.165) is 11.6 Å². The number of hydrogen-bond donors (Lipinski definition) is 1. The van der Waals surface area contributed by atoms with Gasteiger partial charge in [-0.3, -0.25) is 4.79 Å². The van der Waals surface area contributed by atoms with Gasteiger partial charge in [0.25, 0.3) is 5.91 Å². The molecule has 0 saturated heterocycles. The molecule has 0 aliphatic rings. The van der Waals surface area contributed by atoms with Gasteiger partial charge in [-0.2, -0.15) is 0 Å². The second-order valence-electron chi connectivity index (χ2n) is 4.53. The molecular weight excluding hydrogens is 285 g/mol. The van der Waals surface area contributed by atoms with Crippen LogP contribution in [0.5, 0.6) is 0 Å². The first-order chi connectivity index (χ1) is 9.91. The van der Waals surface area contributed by atoms with Gasteiger partial charge in [0, 0.05) is 12.1 Å². The van der Waals surface area contributed by atoms with E-state index in [1.807, 2.05) is 0 Å². The third kappa shape index (κ3) is 3.07. The lowest BCUT2D eigenvalue weighted by Crippen LogP contribution is -2.27. The molecule has 2 rings (SSSR count). The Morgan fingerprint density at radius 1 is 1.24 bits per heavy atom. The zero-order valence-electron chi connectivity index (χ0n) is 11.5. The first-order valence-corrected chi connectivity index (χ1v) is 6.25. The van der Waals surface area contributed by atoms with Gasteiger partial charge in [0.05, 0.1) is 11.3 Å². The molecule has 112 valence electrons. The van der Waals surface area contributed by atoms with Crippen molar-refractivity contribution < 1.29 is 22.5 Å². The van der Waals surface area contributed by atoms with Gasteiger partial charge in [0.1, 0.15) is 5.76 Å². The molecule has 4 nitrogen and oxygen atoms in total. The van der Waals surface area contributed by atoms with Crippen molar-refractivity contribution in [3.8, 4) is 0 Å². The average molecular weight is 298 g/mol. The number of nitrogens with one attached hydrogen (secondary N) is 1. The molecule has 0 bridgehead atoms. The van der Waals surface area contributed by atoms with E-state index in [4.69, 9.17) is 4.52 Å². The summed E-state index contributed by atoms with van der Waals surface area (Å²) in [4.78, 5) is 11.7. The van der Waals surface area contributed by atoms with Gasteiger partial charge in [-0.05, 0) is 32.4 Å². The highest BCUT2D eigenvalue weighted by Crippen LogP contribution is 2.15. The van der Waals surface area contributed by atoms with Crippen LogP contribution < -0.4 is 5.32 Å². The Hall–Kier alpha value is -2.31. The summed E-state index contributed by atoms with van der Waals surface area (Å²) in [5.74, 6) is -4.66. The van der Waals surface area contributed by atoms with Crippen molar-refractivity contribution in [1.29, 1.82) is 0 Å². The van der Waals surface area contributed by atoms with E-state index in [1.165, 1.54) is 0 Å². The Bertz CT molecular complexity index is 664. The molecule has 0 unspecified atom stereocenters. The lowest BCUT2D eigenvalue weighted by atomic mass is 10.1. The first kappa shape index (κ1) is 15.1. The number of hydrogen-bond acceptors (Lipinski definition) is 3. The maximum atomic E-state index is 13.4. The van der Waals surface area contributed by atoms with E-state index in [-0.39, 0.29) is 6.54 Å². The number of carbonyl (C=O) groups is 1. The normalized spacial score (nSPS) is 10.7. The topological polar surface area (TPSA) is 55.1 Å². The summed E-state index contributed by atoms with van der Waals surface area (Å²) in [5, 5.41) is 6.21. The van der Waals surface area contributed by atoms with Crippen LogP contribution in [0.2, 0.25) is 0 Å². The van der Waals surface area contributed by atoms with Gasteiger partial charge in [-0.25, -0.2) is 13.2 Å². The summed E-state index contributed by atoms with van der Waals surface area (Å²) >= 11 is 0. The largest absolute Gasteiger partial charge is 0.361 e. The Kier molecular flexibility index (Phi) is 4.30. The van der Waals surface area contributed by atoms with E-state index in [0.29, 0.717) is 23.9 Å². The number of carbonyl (C=O) groups excluding carboxylic acids is 1. The van der Waals surface area contributed by atoms with Gasteiger partial charge in [-0.1, -0.05) is 5.16 Å². The molecule has 0 aliphatic heterocycles. The van der Waals surface area contributed by atoms with E-state index in [2.05, 4.69) is 10.5 Å². The highest BCUT2D eigenvalue weighted by molar-refractivity contribution is 5.94. The average Bonchev–Trinajstić information content (AvgIpc) is 2.76. The molecular formula is C14H13F3N2O2. The zero-order valence-corrected chi connectivity index (χ0v) is 11.5. The van der Waals surface area contributed by atoms with Crippen LogP contribution in [0.1, 0.15) is 27.4 Å². The number of amides is 1. The smallest absolute Gasteiger partial charge is 0.254 e. The van der Waals surface area contributed by atoms with E-state index >= 15 is 0 Å². The second kappa shape index (κ2) is 5.99. The van der Waals surface area contributed by atoms with Crippen molar-refractivity contribution in [2.45, 2.75) is 20.3 Å². The third-order valence-corrected chi connectivity index (χ3v) is 3.12. The van der Waals surface area contributed by atoms with Crippen molar-refractivity contribution in [1.82, 2.24) is 10.5 Å². The maximum absolute atomic E-state index is 13.4. The fraction of sp³-hybridized carbons (Fsp3) is 0.286. The van der Waals surface area contributed by atoms with E-state index in [9.17, 15) is 18.0 Å². The molecule has 0 spiro atoms. The number of aromatic nitrogens is 1. The van der Waals surface area contributed by atoms with Crippen molar-refractivity contribution >= 4 is 5.91 Å². The minimum atomic E-state index is -1.66. The molecule has 21 heavy (non-hydrogen) atoms. The summed E-state index contributed by atoms with van der Waals surface area (Å²) in [7, 11) is 0. The third-order valence-electron chi connectivity index (χ3n) is 3.12. The number of aryl methyl sites for hydroxylation is 2. The first-order valence-electron chi connectivity index (χ1n) is 6.25. The Balaban J connectivity index is 2.01.